The number of carbonyl (C=O) groups is 1. The number of halogens is 1. The molecular formula is C13H18ClN3O3. The van der Waals surface area contributed by atoms with E-state index in [0.29, 0.717) is 6.54 Å². The summed E-state index contributed by atoms with van der Waals surface area (Å²) in [6, 6.07) is 4.08. The fourth-order valence-electron chi connectivity index (χ4n) is 1.85. The van der Waals surface area contributed by atoms with Gasteiger partial charge in [-0.25, -0.2) is 0 Å². The Hall–Kier alpha value is -1.66. The summed E-state index contributed by atoms with van der Waals surface area (Å²) in [5.41, 5.74) is 5.17. The van der Waals surface area contributed by atoms with Crippen LogP contribution >= 0.6 is 11.6 Å². The maximum Gasteiger partial charge on any atom is 0.300 e. The Morgan fingerprint density at radius 3 is 2.80 bits per heavy atom. The predicted octanol–water partition coefficient (Wildman–Crippen LogP) is 2.50. The second-order valence-electron chi connectivity index (χ2n) is 4.44. The first-order chi connectivity index (χ1) is 9.51. The van der Waals surface area contributed by atoms with Crippen LogP contribution in [0.2, 0.25) is 5.02 Å². The number of nitrogens with zero attached hydrogens (tertiary/aromatic N) is 1. The number of nitro benzene ring substituents is 1. The Balaban J connectivity index is 2.92. The number of amides is 1. The number of unbranched alkanes of at least 4 members (excludes halogenated alkanes) is 1. The molecule has 0 aromatic heterocycles. The summed E-state index contributed by atoms with van der Waals surface area (Å²) in [6.45, 7) is 2.33. The second-order valence-corrected chi connectivity index (χ2v) is 4.85. The number of hydrogen-bond donors (Lipinski definition) is 2. The molecule has 0 aliphatic carbocycles. The highest BCUT2D eigenvalue weighted by Gasteiger charge is 2.24. The van der Waals surface area contributed by atoms with Crippen LogP contribution in [0, 0.1) is 10.1 Å². The Morgan fingerprint density at radius 2 is 2.25 bits per heavy atom. The molecular weight excluding hydrogens is 282 g/mol. The van der Waals surface area contributed by atoms with E-state index in [1.807, 2.05) is 6.92 Å². The summed E-state index contributed by atoms with van der Waals surface area (Å²) in [5, 5.41) is 13.6. The normalized spacial score (nSPS) is 11.9. The molecule has 0 radical (unpaired) electrons. The number of rotatable bonds is 7. The predicted molar refractivity (Wildman–Crippen MR) is 77.9 cm³/mol. The SMILES string of the molecule is CCCCC(CN)NC(=O)c1cccc(Cl)c1[N+](=O)[O-]. The molecule has 0 aliphatic heterocycles. The van der Waals surface area contributed by atoms with Crippen LogP contribution in [-0.2, 0) is 0 Å². The van der Waals surface area contributed by atoms with Crippen molar-refractivity contribution in [1.29, 1.82) is 0 Å². The molecule has 7 heteroatoms. The molecule has 0 heterocycles. The molecule has 0 spiro atoms. The number of carbonyl (C=O) groups excluding carboxylic acids is 1. The molecule has 0 saturated heterocycles. The van der Waals surface area contributed by atoms with Crippen molar-refractivity contribution in [2.45, 2.75) is 32.2 Å². The Bertz CT molecular complexity index is 494. The maximum absolute atomic E-state index is 12.1. The van der Waals surface area contributed by atoms with Crippen LogP contribution in [0.3, 0.4) is 0 Å². The lowest BCUT2D eigenvalue weighted by atomic mass is 10.1. The lowest BCUT2D eigenvalue weighted by Gasteiger charge is -2.16. The van der Waals surface area contributed by atoms with Gasteiger partial charge in [0.2, 0.25) is 0 Å². The Kier molecular flexibility index (Phi) is 6.41. The standard InChI is InChI=1S/C13H18ClN3O3/c1-2-3-5-9(8-15)16-13(18)10-6-4-7-11(14)12(10)17(19)20/h4,6-7,9H,2-3,5,8,15H2,1H3,(H,16,18). The Morgan fingerprint density at radius 1 is 1.55 bits per heavy atom. The average Bonchev–Trinajstić information content (AvgIpc) is 2.42. The molecule has 1 unspecified atom stereocenters. The minimum Gasteiger partial charge on any atom is -0.348 e. The van der Waals surface area contributed by atoms with E-state index in [0.717, 1.165) is 19.3 Å². The summed E-state index contributed by atoms with van der Waals surface area (Å²) < 4.78 is 0. The molecule has 20 heavy (non-hydrogen) atoms. The van der Waals surface area contributed by atoms with Crippen molar-refractivity contribution in [1.82, 2.24) is 5.32 Å². The van der Waals surface area contributed by atoms with Crippen LogP contribution in [0.25, 0.3) is 0 Å². The molecule has 0 aliphatic rings. The molecule has 1 rings (SSSR count). The summed E-state index contributed by atoms with van der Waals surface area (Å²) in [4.78, 5) is 22.5. The van der Waals surface area contributed by atoms with Crippen LogP contribution in [0.15, 0.2) is 18.2 Å². The summed E-state index contributed by atoms with van der Waals surface area (Å²) >= 11 is 5.78. The van der Waals surface area contributed by atoms with Crippen LogP contribution in [-0.4, -0.2) is 23.4 Å². The lowest BCUT2D eigenvalue weighted by molar-refractivity contribution is -0.385. The van der Waals surface area contributed by atoms with E-state index in [9.17, 15) is 14.9 Å². The number of nitrogens with two attached hydrogens (primary N) is 1. The molecule has 1 aromatic carbocycles. The molecule has 3 N–H and O–H groups in total. The van der Waals surface area contributed by atoms with E-state index < -0.39 is 10.8 Å². The van der Waals surface area contributed by atoms with Crippen molar-refractivity contribution in [3.05, 3.63) is 38.9 Å². The minimum atomic E-state index is -0.652. The molecule has 1 amide bonds. The fraction of sp³-hybridized carbons (Fsp3) is 0.462. The molecule has 0 bridgehead atoms. The van der Waals surface area contributed by atoms with E-state index in [4.69, 9.17) is 17.3 Å². The first-order valence-corrected chi connectivity index (χ1v) is 6.82. The third-order valence-electron chi connectivity index (χ3n) is 2.94. The van der Waals surface area contributed by atoms with Gasteiger partial charge < -0.3 is 11.1 Å². The number of benzene rings is 1. The van der Waals surface area contributed by atoms with Gasteiger partial charge in [-0.15, -0.1) is 0 Å². The van der Waals surface area contributed by atoms with Crippen molar-refractivity contribution in [2.75, 3.05) is 6.54 Å². The van der Waals surface area contributed by atoms with Gasteiger partial charge in [0.15, 0.2) is 0 Å². The van der Waals surface area contributed by atoms with Gasteiger partial charge in [-0.2, -0.15) is 0 Å². The van der Waals surface area contributed by atoms with Gasteiger partial charge in [0, 0.05) is 12.6 Å². The zero-order valence-electron chi connectivity index (χ0n) is 11.3. The topological polar surface area (TPSA) is 98.3 Å². The second kappa shape index (κ2) is 7.81. The van der Waals surface area contributed by atoms with E-state index in [2.05, 4.69) is 5.32 Å². The lowest BCUT2D eigenvalue weighted by Crippen LogP contribution is -2.40. The highest BCUT2D eigenvalue weighted by atomic mass is 35.5. The monoisotopic (exact) mass is 299 g/mol. The fourth-order valence-corrected chi connectivity index (χ4v) is 2.09. The molecule has 1 aromatic rings. The Labute approximate surface area is 122 Å². The molecule has 110 valence electrons. The van der Waals surface area contributed by atoms with E-state index in [1.54, 1.807) is 0 Å². The van der Waals surface area contributed by atoms with Crippen LogP contribution in [0.1, 0.15) is 36.5 Å². The van der Waals surface area contributed by atoms with Crippen molar-refractivity contribution in [3.63, 3.8) is 0 Å². The van der Waals surface area contributed by atoms with E-state index in [-0.39, 0.29) is 22.3 Å². The number of nitro groups is 1. The van der Waals surface area contributed by atoms with Gasteiger partial charge in [-0.1, -0.05) is 37.4 Å². The van der Waals surface area contributed by atoms with E-state index in [1.165, 1.54) is 18.2 Å². The molecule has 0 fully saturated rings. The zero-order chi connectivity index (χ0) is 15.1. The number of hydrogen-bond acceptors (Lipinski definition) is 4. The molecule has 6 nitrogen and oxygen atoms in total. The third-order valence-corrected chi connectivity index (χ3v) is 3.24. The molecule has 0 saturated carbocycles. The van der Waals surface area contributed by atoms with Gasteiger partial charge in [-0.3, -0.25) is 14.9 Å². The van der Waals surface area contributed by atoms with Gasteiger partial charge in [0.1, 0.15) is 10.6 Å². The van der Waals surface area contributed by atoms with Crippen molar-refractivity contribution in [3.8, 4) is 0 Å². The summed E-state index contributed by atoms with van der Waals surface area (Å²) in [7, 11) is 0. The van der Waals surface area contributed by atoms with Gasteiger partial charge in [-0.05, 0) is 18.6 Å². The van der Waals surface area contributed by atoms with Crippen LogP contribution in [0.4, 0.5) is 5.69 Å². The third kappa shape index (κ3) is 4.18. The van der Waals surface area contributed by atoms with Gasteiger partial charge >= 0.3 is 5.69 Å². The van der Waals surface area contributed by atoms with E-state index >= 15 is 0 Å². The molecule has 1 atom stereocenters. The maximum atomic E-state index is 12.1. The van der Waals surface area contributed by atoms with Gasteiger partial charge in [0.05, 0.1) is 4.92 Å². The summed E-state index contributed by atoms with van der Waals surface area (Å²) in [5.74, 6) is -0.522. The van der Waals surface area contributed by atoms with Crippen molar-refractivity contribution in [2.24, 2.45) is 5.73 Å². The summed E-state index contributed by atoms with van der Waals surface area (Å²) in [6.07, 6.45) is 2.66. The first kappa shape index (κ1) is 16.4. The van der Waals surface area contributed by atoms with Crippen LogP contribution < -0.4 is 11.1 Å². The smallest absolute Gasteiger partial charge is 0.300 e. The zero-order valence-corrected chi connectivity index (χ0v) is 12.0. The highest BCUT2D eigenvalue weighted by Crippen LogP contribution is 2.28. The quantitative estimate of drug-likeness (QED) is 0.597. The number of para-hydroxylation sites is 1. The first-order valence-electron chi connectivity index (χ1n) is 6.45. The van der Waals surface area contributed by atoms with Crippen LogP contribution in [0.5, 0.6) is 0 Å². The van der Waals surface area contributed by atoms with Crippen molar-refractivity contribution >= 4 is 23.2 Å². The number of nitrogens with one attached hydrogen (secondary N) is 1. The largest absolute Gasteiger partial charge is 0.348 e. The highest BCUT2D eigenvalue weighted by molar-refractivity contribution is 6.33. The minimum absolute atomic E-state index is 0.0440. The average molecular weight is 300 g/mol. The van der Waals surface area contributed by atoms with Crippen molar-refractivity contribution < 1.29 is 9.72 Å². The van der Waals surface area contributed by atoms with Gasteiger partial charge in [0.25, 0.3) is 5.91 Å².